The Morgan fingerprint density at radius 2 is 1.97 bits per heavy atom. The molecule has 0 radical (unpaired) electrons. The predicted octanol–water partition coefficient (Wildman–Crippen LogP) is 4.26. The van der Waals surface area contributed by atoms with E-state index in [2.05, 4.69) is 9.97 Å². The number of hydrogen-bond donors (Lipinski definition) is 2. The molecule has 1 unspecified atom stereocenters. The van der Waals surface area contributed by atoms with E-state index in [0.29, 0.717) is 16.8 Å². The Morgan fingerprint density at radius 3 is 2.71 bits per heavy atom. The molecule has 7 nitrogen and oxygen atoms in total. The van der Waals surface area contributed by atoms with E-state index < -0.39 is 17.7 Å². The van der Waals surface area contributed by atoms with Gasteiger partial charge in [0.25, 0.3) is 5.78 Å². The first-order valence-electron chi connectivity index (χ1n) is 9.52. The molecule has 2 aromatic heterocycles. The number of benzene rings is 2. The largest absolute Gasteiger partial charge is 0.507 e. The standard InChI is InChI=1S/C23H17N3O4S/c1-30-14-7-4-6-13(12-14)20(27)18-19(17-10-5-11-31-17)26(22(29)21(18)28)23-24-15-8-2-3-9-16(15)25-23/h2-12,19,27H,1H3,(H,24,25)/b20-18+. The number of anilines is 1. The third kappa shape index (κ3) is 3.08. The van der Waals surface area contributed by atoms with Crippen LogP contribution in [-0.2, 0) is 9.59 Å². The van der Waals surface area contributed by atoms with E-state index in [1.54, 1.807) is 24.3 Å². The summed E-state index contributed by atoms with van der Waals surface area (Å²) < 4.78 is 5.23. The van der Waals surface area contributed by atoms with Crippen LogP contribution in [-0.4, -0.2) is 33.9 Å². The van der Waals surface area contributed by atoms with Crippen molar-refractivity contribution in [2.75, 3.05) is 12.0 Å². The normalized spacial score (nSPS) is 18.1. The second-order valence-corrected chi connectivity index (χ2v) is 7.97. The molecule has 3 heterocycles. The molecule has 1 aliphatic rings. The van der Waals surface area contributed by atoms with E-state index in [0.717, 1.165) is 10.4 Å². The number of fused-ring (bicyclic) bond motifs is 1. The summed E-state index contributed by atoms with van der Waals surface area (Å²) >= 11 is 1.40. The van der Waals surface area contributed by atoms with Crippen molar-refractivity contribution in [3.05, 3.63) is 82.1 Å². The molecular formula is C23H17N3O4S. The average molecular weight is 431 g/mol. The molecule has 4 aromatic rings. The predicted molar refractivity (Wildman–Crippen MR) is 118 cm³/mol. The van der Waals surface area contributed by atoms with E-state index in [1.807, 2.05) is 41.8 Å². The van der Waals surface area contributed by atoms with Crippen LogP contribution in [0.25, 0.3) is 16.8 Å². The maximum absolute atomic E-state index is 13.1. The second kappa shape index (κ2) is 7.41. The summed E-state index contributed by atoms with van der Waals surface area (Å²) in [5.74, 6) is -0.982. The monoisotopic (exact) mass is 431 g/mol. The van der Waals surface area contributed by atoms with Gasteiger partial charge in [-0.25, -0.2) is 4.98 Å². The zero-order valence-electron chi connectivity index (χ0n) is 16.4. The molecule has 1 amide bonds. The first-order valence-corrected chi connectivity index (χ1v) is 10.4. The van der Waals surface area contributed by atoms with Crippen molar-refractivity contribution in [3.8, 4) is 5.75 Å². The minimum atomic E-state index is -0.799. The number of para-hydroxylation sites is 2. The maximum Gasteiger partial charge on any atom is 0.302 e. The number of rotatable bonds is 4. The molecule has 0 bridgehead atoms. The third-order valence-electron chi connectivity index (χ3n) is 5.21. The van der Waals surface area contributed by atoms with E-state index in [1.165, 1.54) is 23.3 Å². The highest BCUT2D eigenvalue weighted by Gasteiger charge is 2.48. The number of aromatic nitrogens is 2. The maximum atomic E-state index is 13.1. The van der Waals surface area contributed by atoms with Gasteiger partial charge in [-0.15, -0.1) is 11.3 Å². The number of carbonyl (C=O) groups excluding carboxylic acids is 2. The average Bonchev–Trinajstić information content (AvgIpc) is 3.52. The van der Waals surface area contributed by atoms with Gasteiger partial charge in [-0.1, -0.05) is 30.3 Å². The van der Waals surface area contributed by atoms with Gasteiger partial charge in [-0.2, -0.15) is 0 Å². The quantitative estimate of drug-likeness (QED) is 0.286. The number of aromatic amines is 1. The number of Topliss-reactive ketones (excluding diaryl/α,β-unsaturated/α-hetero) is 1. The number of imidazole rings is 1. The van der Waals surface area contributed by atoms with Crippen LogP contribution in [0.1, 0.15) is 16.5 Å². The Balaban J connectivity index is 1.71. The number of ether oxygens (including phenoxy) is 1. The second-order valence-electron chi connectivity index (χ2n) is 6.99. The van der Waals surface area contributed by atoms with Crippen molar-refractivity contribution < 1.29 is 19.4 Å². The van der Waals surface area contributed by atoms with Gasteiger partial charge < -0.3 is 14.8 Å². The van der Waals surface area contributed by atoms with Crippen LogP contribution in [0, 0.1) is 0 Å². The van der Waals surface area contributed by atoms with Crippen molar-refractivity contribution in [3.63, 3.8) is 0 Å². The number of nitrogens with zero attached hydrogens (tertiary/aromatic N) is 2. The van der Waals surface area contributed by atoms with Gasteiger partial charge in [0.05, 0.1) is 23.7 Å². The zero-order chi connectivity index (χ0) is 21.5. The number of ketones is 1. The minimum absolute atomic E-state index is 0.0150. The number of amides is 1. The van der Waals surface area contributed by atoms with E-state index >= 15 is 0 Å². The van der Waals surface area contributed by atoms with Gasteiger partial charge >= 0.3 is 5.91 Å². The fourth-order valence-electron chi connectivity index (χ4n) is 3.75. The number of nitrogens with one attached hydrogen (secondary N) is 1. The topological polar surface area (TPSA) is 95.5 Å². The van der Waals surface area contributed by atoms with Crippen LogP contribution >= 0.6 is 11.3 Å². The van der Waals surface area contributed by atoms with Crippen LogP contribution in [0.4, 0.5) is 5.95 Å². The lowest BCUT2D eigenvalue weighted by Gasteiger charge is -2.21. The van der Waals surface area contributed by atoms with Gasteiger partial charge in [-0.05, 0) is 35.7 Å². The molecule has 1 aliphatic heterocycles. The zero-order valence-corrected chi connectivity index (χ0v) is 17.2. The van der Waals surface area contributed by atoms with Crippen LogP contribution in [0.5, 0.6) is 5.75 Å². The molecule has 0 spiro atoms. The Hall–Kier alpha value is -3.91. The molecule has 5 rings (SSSR count). The number of H-pyrrole nitrogens is 1. The van der Waals surface area contributed by atoms with Crippen molar-refractivity contribution in [2.24, 2.45) is 0 Å². The number of hydrogen-bond acceptors (Lipinski definition) is 6. The van der Waals surface area contributed by atoms with Gasteiger partial charge in [0.2, 0.25) is 5.95 Å². The Labute approximate surface area is 181 Å². The summed E-state index contributed by atoms with van der Waals surface area (Å²) in [6.45, 7) is 0. The van der Waals surface area contributed by atoms with E-state index in [-0.39, 0.29) is 17.3 Å². The molecule has 0 aliphatic carbocycles. The fourth-order valence-corrected chi connectivity index (χ4v) is 4.57. The van der Waals surface area contributed by atoms with Crippen molar-refractivity contribution >= 4 is 45.8 Å². The van der Waals surface area contributed by atoms with Crippen LogP contribution in [0.2, 0.25) is 0 Å². The van der Waals surface area contributed by atoms with Gasteiger partial charge in [-0.3, -0.25) is 14.5 Å². The van der Waals surface area contributed by atoms with Crippen LogP contribution < -0.4 is 9.64 Å². The molecule has 1 fully saturated rings. The highest BCUT2D eigenvalue weighted by Crippen LogP contribution is 2.43. The lowest BCUT2D eigenvalue weighted by Crippen LogP contribution is -2.30. The summed E-state index contributed by atoms with van der Waals surface area (Å²) in [6.07, 6.45) is 0. The lowest BCUT2D eigenvalue weighted by atomic mass is 10.00. The summed E-state index contributed by atoms with van der Waals surface area (Å²) in [5.41, 5.74) is 1.83. The number of carbonyl (C=O) groups is 2. The molecule has 1 atom stereocenters. The third-order valence-corrected chi connectivity index (χ3v) is 6.13. The van der Waals surface area contributed by atoms with Gasteiger partial charge in [0.15, 0.2) is 0 Å². The fraction of sp³-hybridized carbons (Fsp3) is 0.0870. The smallest absolute Gasteiger partial charge is 0.302 e. The first-order chi connectivity index (χ1) is 15.1. The molecule has 2 aromatic carbocycles. The lowest BCUT2D eigenvalue weighted by molar-refractivity contribution is -0.132. The van der Waals surface area contributed by atoms with Crippen molar-refractivity contribution in [1.29, 1.82) is 0 Å². The molecule has 8 heteroatoms. The number of aliphatic hydroxyl groups excluding tert-OH is 1. The highest BCUT2D eigenvalue weighted by atomic mass is 32.1. The molecule has 2 N–H and O–H groups in total. The van der Waals surface area contributed by atoms with Gasteiger partial charge in [0, 0.05) is 10.4 Å². The van der Waals surface area contributed by atoms with E-state index in [9.17, 15) is 14.7 Å². The summed E-state index contributed by atoms with van der Waals surface area (Å²) in [5, 5.41) is 13.0. The molecular weight excluding hydrogens is 414 g/mol. The summed E-state index contributed by atoms with van der Waals surface area (Å²) in [4.78, 5) is 35.9. The van der Waals surface area contributed by atoms with Crippen LogP contribution in [0.3, 0.4) is 0 Å². The molecule has 0 saturated carbocycles. The Kier molecular flexibility index (Phi) is 4.56. The van der Waals surface area contributed by atoms with Gasteiger partial charge in [0.1, 0.15) is 17.6 Å². The molecule has 1 saturated heterocycles. The molecule has 154 valence electrons. The first kappa shape index (κ1) is 19.1. The summed E-state index contributed by atoms with van der Waals surface area (Å²) in [7, 11) is 1.52. The SMILES string of the molecule is COc1cccc(/C(O)=C2\C(=O)C(=O)N(c3nc4ccccc4[nH]3)C2c2cccs2)c1. The Morgan fingerprint density at radius 1 is 1.13 bits per heavy atom. The van der Waals surface area contributed by atoms with Crippen molar-refractivity contribution in [2.45, 2.75) is 6.04 Å². The number of thiophene rings is 1. The number of aliphatic hydroxyl groups is 1. The highest BCUT2D eigenvalue weighted by molar-refractivity contribution is 7.10. The van der Waals surface area contributed by atoms with Crippen LogP contribution in [0.15, 0.2) is 71.6 Å². The summed E-state index contributed by atoms with van der Waals surface area (Å²) in [6, 6.07) is 17.0. The van der Waals surface area contributed by atoms with E-state index in [4.69, 9.17) is 4.74 Å². The number of methoxy groups -OCH3 is 1. The Bertz CT molecular complexity index is 1310. The van der Waals surface area contributed by atoms with Crippen molar-refractivity contribution in [1.82, 2.24) is 9.97 Å². The molecule has 31 heavy (non-hydrogen) atoms. The minimum Gasteiger partial charge on any atom is -0.507 e.